The molecule has 7 heteroatoms. The molecule has 0 radical (unpaired) electrons. The van der Waals surface area contributed by atoms with E-state index >= 15 is 0 Å². The first-order valence-corrected chi connectivity index (χ1v) is 10.1. The van der Waals surface area contributed by atoms with E-state index in [9.17, 15) is 14.4 Å². The Kier molecular flexibility index (Phi) is 6.65. The Bertz CT molecular complexity index is 1100. The van der Waals surface area contributed by atoms with Crippen LogP contribution in [0.15, 0.2) is 54.6 Å². The number of carbonyl (C=O) groups is 3. The summed E-state index contributed by atoms with van der Waals surface area (Å²) in [5.74, 6) is -1.19. The highest BCUT2D eigenvalue weighted by atomic mass is 16.2. The van der Waals surface area contributed by atoms with Gasteiger partial charge in [-0.15, -0.1) is 0 Å². The van der Waals surface area contributed by atoms with E-state index in [1.165, 1.54) is 0 Å². The van der Waals surface area contributed by atoms with Gasteiger partial charge < -0.3 is 10.6 Å². The summed E-state index contributed by atoms with van der Waals surface area (Å²) in [5, 5.41) is 9.85. The number of amides is 2. The molecule has 1 aromatic heterocycles. The molecule has 0 atom stereocenters. The van der Waals surface area contributed by atoms with Gasteiger partial charge in [-0.25, -0.2) is 4.68 Å². The fraction of sp³-hybridized carbons (Fsp3) is 0.250. The summed E-state index contributed by atoms with van der Waals surface area (Å²) < 4.78 is 1.66. The molecule has 0 aliphatic heterocycles. The number of benzene rings is 2. The minimum absolute atomic E-state index is 0.0664. The number of aryl methyl sites for hydroxylation is 1. The van der Waals surface area contributed by atoms with E-state index in [1.807, 2.05) is 44.2 Å². The highest BCUT2D eigenvalue weighted by Gasteiger charge is 2.25. The third-order valence-electron chi connectivity index (χ3n) is 4.75. The predicted molar refractivity (Wildman–Crippen MR) is 121 cm³/mol. The van der Waals surface area contributed by atoms with Crippen LogP contribution in [0.3, 0.4) is 0 Å². The van der Waals surface area contributed by atoms with Crippen molar-refractivity contribution in [3.05, 3.63) is 71.5 Å². The maximum atomic E-state index is 12.8. The van der Waals surface area contributed by atoms with Gasteiger partial charge in [0.15, 0.2) is 0 Å². The van der Waals surface area contributed by atoms with Crippen LogP contribution in [0, 0.1) is 19.8 Å². The Labute approximate surface area is 181 Å². The number of nitrogens with zero attached hydrogens (tertiary/aromatic N) is 2. The average Bonchev–Trinajstić information content (AvgIpc) is 3.03. The zero-order valence-electron chi connectivity index (χ0n) is 18.1. The highest BCUT2D eigenvalue weighted by Crippen LogP contribution is 2.20. The summed E-state index contributed by atoms with van der Waals surface area (Å²) in [6.07, 6.45) is 0.433. The molecule has 0 fully saturated rings. The smallest absolute Gasteiger partial charge is 0.296 e. The van der Waals surface area contributed by atoms with Gasteiger partial charge in [-0.3, -0.25) is 14.4 Å². The lowest BCUT2D eigenvalue weighted by Gasteiger charge is -2.09. The Morgan fingerprint density at radius 1 is 0.903 bits per heavy atom. The average molecular weight is 418 g/mol. The fourth-order valence-electron chi connectivity index (χ4n) is 3.31. The molecule has 2 aromatic carbocycles. The number of ketones is 1. The van der Waals surface area contributed by atoms with Crippen LogP contribution < -0.4 is 10.6 Å². The molecule has 0 aliphatic rings. The summed E-state index contributed by atoms with van der Waals surface area (Å²) in [6, 6.07) is 16.1. The Morgan fingerprint density at radius 2 is 1.48 bits per heavy atom. The molecule has 0 saturated carbocycles. The van der Waals surface area contributed by atoms with E-state index in [1.54, 1.807) is 42.8 Å². The van der Waals surface area contributed by atoms with E-state index in [0.717, 1.165) is 5.69 Å². The van der Waals surface area contributed by atoms with Gasteiger partial charge in [-0.2, -0.15) is 5.10 Å². The Hall–Kier alpha value is -3.74. The molecule has 0 bridgehead atoms. The molecule has 160 valence electrons. The molecule has 2 N–H and O–H groups in total. The number of anilines is 2. The summed E-state index contributed by atoms with van der Waals surface area (Å²) in [5.41, 5.74) is 3.30. The number of carbonyl (C=O) groups excluding carboxylic acids is 3. The monoisotopic (exact) mass is 418 g/mol. The molecule has 7 nitrogen and oxygen atoms in total. The molecule has 1 heterocycles. The van der Waals surface area contributed by atoms with Gasteiger partial charge in [0.25, 0.3) is 11.7 Å². The maximum absolute atomic E-state index is 12.8. The summed E-state index contributed by atoms with van der Waals surface area (Å²) in [6.45, 7) is 7.42. The first-order valence-electron chi connectivity index (χ1n) is 10.1. The first-order chi connectivity index (χ1) is 14.8. The number of rotatable bonds is 7. The van der Waals surface area contributed by atoms with Crippen molar-refractivity contribution in [2.75, 3.05) is 10.6 Å². The minimum Gasteiger partial charge on any atom is -0.326 e. The number of para-hydroxylation sites is 1. The van der Waals surface area contributed by atoms with Crippen molar-refractivity contribution in [1.29, 1.82) is 0 Å². The summed E-state index contributed by atoms with van der Waals surface area (Å²) in [7, 11) is 0. The lowest BCUT2D eigenvalue weighted by Crippen LogP contribution is -2.24. The number of aromatic nitrogens is 2. The van der Waals surface area contributed by atoms with Gasteiger partial charge in [-0.05, 0) is 56.2 Å². The zero-order valence-corrected chi connectivity index (χ0v) is 18.1. The molecular weight excluding hydrogens is 392 g/mol. The van der Waals surface area contributed by atoms with Crippen molar-refractivity contribution >= 4 is 29.0 Å². The van der Waals surface area contributed by atoms with Crippen LogP contribution >= 0.6 is 0 Å². The van der Waals surface area contributed by atoms with Crippen molar-refractivity contribution in [3.63, 3.8) is 0 Å². The Balaban J connectivity index is 1.71. The van der Waals surface area contributed by atoms with E-state index in [4.69, 9.17) is 0 Å². The van der Waals surface area contributed by atoms with E-state index in [2.05, 4.69) is 15.7 Å². The number of Topliss-reactive ketones (excluding diaryl/α,β-unsaturated/α-hetero) is 1. The molecule has 0 aliphatic carbocycles. The molecule has 31 heavy (non-hydrogen) atoms. The van der Waals surface area contributed by atoms with Crippen molar-refractivity contribution in [2.24, 2.45) is 5.92 Å². The first kappa shape index (κ1) is 22.0. The molecular formula is C24H26N4O3. The standard InChI is InChI=1S/C24H26N4O3/c1-15(2)14-21(29)25-18-10-12-19(13-11-18)26-24(31)23(30)22-16(3)27-28(17(22)4)20-8-6-5-7-9-20/h5-13,15H,14H2,1-4H3,(H,25,29)(H,26,31). The lowest BCUT2D eigenvalue weighted by atomic mass is 10.1. The quantitative estimate of drug-likeness (QED) is 0.442. The number of hydrogen-bond donors (Lipinski definition) is 2. The van der Waals surface area contributed by atoms with Crippen LogP contribution in [0.4, 0.5) is 11.4 Å². The van der Waals surface area contributed by atoms with E-state index < -0.39 is 11.7 Å². The third-order valence-corrected chi connectivity index (χ3v) is 4.75. The lowest BCUT2D eigenvalue weighted by molar-refractivity contribution is -0.117. The highest BCUT2D eigenvalue weighted by molar-refractivity contribution is 6.47. The predicted octanol–water partition coefficient (Wildman–Crippen LogP) is 4.30. The largest absolute Gasteiger partial charge is 0.326 e. The zero-order chi connectivity index (χ0) is 22.5. The number of hydrogen-bond acceptors (Lipinski definition) is 4. The van der Waals surface area contributed by atoms with Crippen LogP contribution in [-0.4, -0.2) is 27.4 Å². The van der Waals surface area contributed by atoms with Gasteiger partial charge in [0.2, 0.25) is 5.91 Å². The van der Waals surface area contributed by atoms with Crippen LogP contribution in [0.2, 0.25) is 0 Å². The molecule has 0 unspecified atom stereocenters. The van der Waals surface area contributed by atoms with Gasteiger partial charge in [-0.1, -0.05) is 32.0 Å². The van der Waals surface area contributed by atoms with Crippen molar-refractivity contribution in [1.82, 2.24) is 9.78 Å². The van der Waals surface area contributed by atoms with Gasteiger partial charge in [0, 0.05) is 17.8 Å². The number of nitrogens with one attached hydrogen (secondary N) is 2. The molecule has 0 spiro atoms. The second-order valence-corrected chi connectivity index (χ2v) is 7.80. The normalized spacial score (nSPS) is 10.7. The van der Waals surface area contributed by atoms with Crippen molar-refractivity contribution in [2.45, 2.75) is 34.1 Å². The second-order valence-electron chi connectivity index (χ2n) is 7.80. The third kappa shape index (κ3) is 5.25. The van der Waals surface area contributed by atoms with Gasteiger partial charge in [0.1, 0.15) is 0 Å². The van der Waals surface area contributed by atoms with Crippen LogP contribution in [-0.2, 0) is 9.59 Å². The van der Waals surface area contributed by atoms with Crippen molar-refractivity contribution in [3.8, 4) is 5.69 Å². The maximum Gasteiger partial charge on any atom is 0.296 e. The topological polar surface area (TPSA) is 93.1 Å². The second kappa shape index (κ2) is 9.38. The molecule has 2 amide bonds. The fourth-order valence-corrected chi connectivity index (χ4v) is 3.31. The Morgan fingerprint density at radius 3 is 2.06 bits per heavy atom. The van der Waals surface area contributed by atoms with Gasteiger partial charge >= 0.3 is 0 Å². The molecule has 3 aromatic rings. The van der Waals surface area contributed by atoms with Crippen molar-refractivity contribution < 1.29 is 14.4 Å². The van der Waals surface area contributed by atoms with Gasteiger partial charge in [0.05, 0.1) is 22.6 Å². The molecule has 0 saturated heterocycles. The molecule has 3 rings (SSSR count). The summed E-state index contributed by atoms with van der Waals surface area (Å²) in [4.78, 5) is 37.3. The SMILES string of the molecule is Cc1nn(-c2ccccc2)c(C)c1C(=O)C(=O)Nc1ccc(NC(=O)CC(C)C)cc1. The van der Waals surface area contributed by atoms with Crippen LogP contribution in [0.1, 0.15) is 42.0 Å². The van der Waals surface area contributed by atoms with Crippen LogP contribution in [0.5, 0.6) is 0 Å². The summed E-state index contributed by atoms with van der Waals surface area (Å²) >= 11 is 0. The van der Waals surface area contributed by atoms with E-state index in [-0.39, 0.29) is 11.8 Å². The van der Waals surface area contributed by atoms with Crippen LogP contribution in [0.25, 0.3) is 5.69 Å². The minimum atomic E-state index is -0.740. The van der Waals surface area contributed by atoms with E-state index in [0.29, 0.717) is 34.7 Å².